The fraction of sp³-hybridized carbons (Fsp3) is 0.423. The standard InChI is InChI=1S/C26H30N2O5/c1-26(12-7-13-26)16-28(2)24(31)22(14-23(29)30)27-25(32)33-15-21-19-10-5-3-8-17(19)18-9-4-6-11-20(18)21/h3-6,8-11,21-22H,7,12-16H2,1-2H3,(H,27,32)(H,29,30). The highest BCUT2D eigenvalue weighted by atomic mass is 16.5. The van der Waals surface area contributed by atoms with Crippen LogP contribution in [0.15, 0.2) is 48.5 Å². The second kappa shape index (κ2) is 9.25. The second-order valence-corrected chi connectivity index (χ2v) is 9.48. The number of amides is 2. The Morgan fingerprint density at radius 2 is 1.67 bits per heavy atom. The van der Waals surface area contributed by atoms with Crippen molar-refractivity contribution in [2.24, 2.45) is 5.41 Å². The lowest BCUT2D eigenvalue weighted by Gasteiger charge is -2.41. The van der Waals surface area contributed by atoms with Gasteiger partial charge in [0.2, 0.25) is 5.91 Å². The van der Waals surface area contributed by atoms with E-state index in [1.807, 2.05) is 48.5 Å². The van der Waals surface area contributed by atoms with E-state index >= 15 is 0 Å². The summed E-state index contributed by atoms with van der Waals surface area (Å²) in [7, 11) is 1.65. The van der Waals surface area contributed by atoms with Gasteiger partial charge in [-0.3, -0.25) is 9.59 Å². The van der Waals surface area contributed by atoms with Crippen LogP contribution in [0.2, 0.25) is 0 Å². The lowest BCUT2D eigenvalue weighted by Crippen LogP contribution is -2.51. The number of carboxylic acid groups (broad SMARTS) is 1. The predicted octanol–water partition coefficient (Wildman–Crippen LogP) is 4.02. The third kappa shape index (κ3) is 4.87. The van der Waals surface area contributed by atoms with Crippen LogP contribution in [0.25, 0.3) is 11.1 Å². The molecule has 7 heteroatoms. The van der Waals surface area contributed by atoms with Gasteiger partial charge >= 0.3 is 12.1 Å². The van der Waals surface area contributed by atoms with Crippen molar-refractivity contribution in [3.63, 3.8) is 0 Å². The molecule has 1 atom stereocenters. The Balaban J connectivity index is 1.41. The minimum absolute atomic E-state index is 0.0575. The molecular formula is C26H30N2O5. The van der Waals surface area contributed by atoms with Crippen molar-refractivity contribution in [3.8, 4) is 11.1 Å². The molecule has 0 saturated heterocycles. The van der Waals surface area contributed by atoms with Gasteiger partial charge in [-0.25, -0.2) is 4.79 Å². The predicted molar refractivity (Wildman–Crippen MR) is 124 cm³/mol. The van der Waals surface area contributed by atoms with Crippen molar-refractivity contribution in [2.75, 3.05) is 20.2 Å². The van der Waals surface area contributed by atoms with Gasteiger partial charge < -0.3 is 20.1 Å². The number of ether oxygens (including phenoxy) is 1. The second-order valence-electron chi connectivity index (χ2n) is 9.48. The Kier molecular flexibility index (Phi) is 6.40. The summed E-state index contributed by atoms with van der Waals surface area (Å²) in [4.78, 5) is 38.4. The van der Waals surface area contributed by atoms with Gasteiger partial charge in [-0.1, -0.05) is 61.9 Å². The molecule has 33 heavy (non-hydrogen) atoms. The summed E-state index contributed by atoms with van der Waals surface area (Å²) in [6.07, 6.45) is 1.92. The van der Waals surface area contributed by atoms with Crippen LogP contribution in [0.4, 0.5) is 4.79 Å². The molecule has 0 aromatic heterocycles. The molecule has 1 saturated carbocycles. The highest BCUT2D eigenvalue weighted by Crippen LogP contribution is 2.44. The maximum absolute atomic E-state index is 12.9. The zero-order valence-corrected chi connectivity index (χ0v) is 19.0. The summed E-state index contributed by atoms with van der Waals surface area (Å²) in [6, 6.07) is 14.8. The molecule has 4 rings (SSSR count). The largest absolute Gasteiger partial charge is 0.481 e. The first-order chi connectivity index (χ1) is 15.8. The average Bonchev–Trinajstić information content (AvgIpc) is 3.09. The zero-order chi connectivity index (χ0) is 23.6. The maximum atomic E-state index is 12.9. The molecule has 2 aliphatic rings. The van der Waals surface area contributed by atoms with Crippen molar-refractivity contribution in [1.29, 1.82) is 0 Å². The number of carbonyl (C=O) groups excluding carboxylic acids is 2. The molecule has 0 bridgehead atoms. The van der Waals surface area contributed by atoms with E-state index in [2.05, 4.69) is 12.2 Å². The van der Waals surface area contributed by atoms with Gasteiger partial charge in [-0.2, -0.15) is 0 Å². The number of aliphatic carboxylic acids is 1. The number of nitrogens with zero attached hydrogens (tertiary/aromatic N) is 1. The number of carboxylic acids is 1. The summed E-state index contributed by atoms with van der Waals surface area (Å²) in [6.45, 7) is 2.75. The van der Waals surface area contributed by atoms with Crippen LogP contribution in [-0.2, 0) is 14.3 Å². The number of likely N-dealkylation sites (N-methyl/N-ethyl adjacent to an activating group) is 1. The lowest BCUT2D eigenvalue weighted by atomic mass is 9.70. The maximum Gasteiger partial charge on any atom is 0.407 e. The SMILES string of the molecule is CN(CC1(C)CCC1)C(=O)C(CC(=O)O)NC(=O)OCC1c2ccccc2-c2ccccc21. The minimum atomic E-state index is -1.17. The van der Waals surface area contributed by atoms with Gasteiger partial charge in [0.25, 0.3) is 0 Å². The fourth-order valence-corrected chi connectivity index (χ4v) is 5.01. The number of hydrogen-bond donors (Lipinski definition) is 2. The Morgan fingerprint density at radius 1 is 1.09 bits per heavy atom. The first kappa shape index (κ1) is 22.8. The number of fused-ring (bicyclic) bond motifs is 3. The van der Waals surface area contributed by atoms with Crippen LogP contribution < -0.4 is 5.32 Å². The van der Waals surface area contributed by atoms with Gasteiger partial charge in [0, 0.05) is 19.5 Å². The van der Waals surface area contributed by atoms with Crippen molar-refractivity contribution in [3.05, 3.63) is 59.7 Å². The highest BCUT2D eigenvalue weighted by molar-refractivity contribution is 5.89. The first-order valence-electron chi connectivity index (χ1n) is 11.4. The number of rotatable bonds is 8. The molecule has 2 aromatic carbocycles. The molecule has 1 fully saturated rings. The highest BCUT2D eigenvalue weighted by Gasteiger charge is 2.36. The van der Waals surface area contributed by atoms with Crippen LogP contribution in [0.5, 0.6) is 0 Å². The zero-order valence-electron chi connectivity index (χ0n) is 19.0. The van der Waals surface area contributed by atoms with Crippen molar-refractivity contribution < 1.29 is 24.2 Å². The molecule has 0 heterocycles. The summed E-state index contributed by atoms with van der Waals surface area (Å²) in [5, 5.41) is 11.8. The summed E-state index contributed by atoms with van der Waals surface area (Å²) in [5.41, 5.74) is 4.46. The van der Waals surface area contributed by atoms with Gasteiger partial charge in [0.15, 0.2) is 0 Å². The average molecular weight is 451 g/mol. The molecule has 2 amide bonds. The Labute approximate surface area is 193 Å². The lowest BCUT2D eigenvalue weighted by molar-refractivity contribution is -0.142. The van der Waals surface area contributed by atoms with E-state index in [1.54, 1.807) is 7.05 Å². The van der Waals surface area contributed by atoms with Crippen LogP contribution in [0, 0.1) is 5.41 Å². The van der Waals surface area contributed by atoms with Gasteiger partial charge in [-0.15, -0.1) is 0 Å². The molecule has 2 aliphatic carbocycles. The van der Waals surface area contributed by atoms with E-state index in [4.69, 9.17) is 4.74 Å². The van der Waals surface area contributed by atoms with E-state index in [0.717, 1.165) is 41.5 Å². The van der Waals surface area contributed by atoms with Crippen molar-refractivity contribution in [2.45, 2.75) is 44.6 Å². The molecule has 2 aromatic rings. The molecular weight excluding hydrogens is 420 g/mol. The number of benzene rings is 2. The molecule has 174 valence electrons. The molecule has 1 unspecified atom stereocenters. The van der Waals surface area contributed by atoms with Crippen LogP contribution >= 0.6 is 0 Å². The van der Waals surface area contributed by atoms with Crippen LogP contribution in [0.3, 0.4) is 0 Å². The Hall–Kier alpha value is -3.35. The fourth-order valence-electron chi connectivity index (χ4n) is 5.01. The van der Waals surface area contributed by atoms with Crippen molar-refractivity contribution in [1.82, 2.24) is 10.2 Å². The van der Waals surface area contributed by atoms with E-state index < -0.39 is 30.4 Å². The normalized spacial score (nSPS) is 16.7. The van der Waals surface area contributed by atoms with E-state index in [0.29, 0.717) is 6.54 Å². The van der Waals surface area contributed by atoms with Gasteiger partial charge in [-0.05, 0) is 40.5 Å². The van der Waals surface area contributed by atoms with E-state index in [9.17, 15) is 19.5 Å². The van der Waals surface area contributed by atoms with Gasteiger partial charge in [0.1, 0.15) is 12.6 Å². The van der Waals surface area contributed by atoms with Gasteiger partial charge in [0.05, 0.1) is 6.42 Å². The Morgan fingerprint density at radius 3 is 2.18 bits per heavy atom. The molecule has 0 aliphatic heterocycles. The summed E-state index contributed by atoms with van der Waals surface area (Å²) in [5.74, 6) is -1.69. The van der Waals surface area contributed by atoms with E-state index in [1.165, 1.54) is 4.90 Å². The first-order valence-corrected chi connectivity index (χ1v) is 11.4. The number of hydrogen-bond acceptors (Lipinski definition) is 4. The smallest absolute Gasteiger partial charge is 0.407 e. The van der Waals surface area contributed by atoms with E-state index in [-0.39, 0.29) is 17.9 Å². The van der Waals surface area contributed by atoms with Crippen LogP contribution in [0.1, 0.15) is 49.7 Å². The monoisotopic (exact) mass is 450 g/mol. The molecule has 0 radical (unpaired) electrons. The number of carbonyl (C=O) groups is 3. The van der Waals surface area contributed by atoms with Crippen LogP contribution in [-0.4, -0.2) is 54.2 Å². The molecule has 0 spiro atoms. The number of nitrogens with one attached hydrogen (secondary N) is 1. The third-order valence-electron chi connectivity index (χ3n) is 6.87. The topological polar surface area (TPSA) is 95.9 Å². The van der Waals surface area contributed by atoms with Crippen molar-refractivity contribution >= 4 is 18.0 Å². The quantitative estimate of drug-likeness (QED) is 0.633. The number of alkyl carbamates (subject to hydrolysis) is 1. The summed E-state index contributed by atoms with van der Waals surface area (Å²) < 4.78 is 5.50. The molecule has 2 N–H and O–H groups in total. The minimum Gasteiger partial charge on any atom is -0.481 e. The summed E-state index contributed by atoms with van der Waals surface area (Å²) >= 11 is 0. The Bertz CT molecular complexity index is 1020. The third-order valence-corrected chi connectivity index (χ3v) is 6.87. The molecule has 7 nitrogen and oxygen atoms in total.